The maximum absolute atomic E-state index is 8.78. The molecular formula is C13H14N6. The molecule has 0 amide bonds. The smallest absolute Gasteiger partial charge is 0.155 e. The Bertz CT molecular complexity index is 630. The van der Waals surface area contributed by atoms with Crippen molar-refractivity contribution in [2.75, 3.05) is 0 Å². The van der Waals surface area contributed by atoms with Gasteiger partial charge >= 0.3 is 0 Å². The van der Waals surface area contributed by atoms with Gasteiger partial charge < -0.3 is 5.73 Å². The quantitative estimate of drug-likeness (QED) is 0.894. The molecule has 96 valence electrons. The molecule has 2 aromatic rings. The van der Waals surface area contributed by atoms with Crippen molar-refractivity contribution in [3.63, 3.8) is 0 Å². The van der Waals surface area contributed by atoms with E-state index in [0.717, 1.165) is 18.7 Å². The zero-order valence-electron chi connectivity index (χ0n) is 10.6. The molecule has 0 spiro atoms. The molecule has 0 saturated heterocycles. The van der Waals surface area contributed by atoms with Crippen molar-refractivity contribution in [3.8, 4) is 11.9 Å². The molecule has 19 heavy (non-hydrogen) atoms. The normalized spacial score (nSPS) is 16.1. The van der Waals surface area contributed by atoms with E-state index in [1.807, 2.05) is 13.0 Å². The second-order valence-corrected chi connectivity index (χ2v) is 4.82. The minimum atomic E-state index is -0.211. The Balaban J connectivity index is 2.04. The predicted octanol–water partition coefficient (Wildman–Crippen LogP) is 1.43. The Morgan fingerprint density at radius 1 is 1.47 bits per heavy atom. The molecule has 0 bridgehead atoms. The maximum Gasteiger partial charge on any atom is 0.155 e. The van der Waals surface area contributed by atoms with Crippen LogP contribution in [0.25, 0.3) is 5.82 Å². The van der Waals surface area contributed by atoms with Gasteiger partial charge in [0.25, 0.3) is 0 Å². The van der Waals surface area contributed by atoms with Crippen LogP contribution < -0.4 is 5.73 Å². The molecule has 0 unspecified atom stereocenters. The lowest BCUT2D eigenvalue weighted by molar-refractivity contribution is 0.680. The van der Waals surface area contributed by atoms with E-state index in [1.54, 1.807) is 16.8 Å². The van der Waals surface area contributed by atoms with Crippen LogP contribution in [0.3, 0.4) is 0 Å². The number of nitrogens with two attached hydrogens (primary N) is 1. The summed E-state index contributed by atoms with van der Waals surface area (Å²) in [6.45, 7) is 1.88. The number of hydrogen-bond acceptors (Lipinski definition) is 5. The van der Waals surface area contributed by atoms with Gasteiger partial charge in [-0.05, 0) is 31.9 Å². The highest BCUT2D eigenvalue weighted by atomic mass is 15.4. The van der Waals surface area contributed by atoms with Gasteiger partial charge in [0.1, 0.15) is 6.07 Å². The van der Waals surface area contributed by atoms with Crippen LogP contribution in [0.5, 0.6) is 0 Å². The first-order valence-corrected chi connectivity index (χ1v) is 6.28. The fourth-order valence-electron chi connectivity index (χ4n) is 1.90. The summed E-state index contributed by atoms with van der Waals surface area (Å²) >= 11 is 0. The van der Waals surface area contributed by atoms with Crippen LogP contribution >= 0.6 is 0 Å². The van der Waals surface area contributed by atoms with Crippen LogP contribution in [-0.4, -0.2) is 19.7 Å². The zero-order valence-corrected chi connectivity index (χ0v) is 10.6. The molecule has 1 fully saturated rings. The number of rotatable bonds is 3. The summed E-state index contributed by atoms with van der Waals surface area (Å²) in [5.41, 5.74) is 6.46. The van der Waals surface area contributed by atoms with E-state index in [-0.39, 0.29) is 6.04 Å². The van der Waals surface area contributed by atoms with Gasteiger partial charge in [0.15, 0.2) is 17.5 Å². The Labute approximate surface area is 110 Å². The monoisotopic (exact) mass is 254 g/mol. The lowest BCUT2D eigenvalue weighted by Gasteiger charge is -2.06. The second kappa shape index (κ2) is 4.44. The first-order valence-electron chi connectivity index (χ1n) is 6.28. The zero-order chi connectivity index (χ0) is 13.4. The molecule has 0 radical (unpaired) electrons. The highest BCUT2D eigenvalue weighted by Crippen LogP contribution is 2.38. The van der Waals surface area contributed by atoms with Crippen molar-refractivity contribution in [3.05, 3.63) is 35.5 Å². The Morgan fingerprint density at radius 2 is 2.26 bits per heavy atom. The van der Waals surface area contributed by atoms with E-state index >= 15 is 0 Å². The van der Waals surface area contributed by atoms with Gasteiger partial charge in [0, 0.05) is 12.1 Å². The highest BCUT2D eigenvalue weighted by molar-refractivity contribution is 5.32. The number of pyridine rings is 1. The molecule has 2 heterocycles. The minimum absolute atomic E-state index is 0.211. The standard InChI is InChI=1S/C13H14N6/c1-8(15)13-17-12(10-3-4-10)18-19(13)11-5-2-9(6-14)7-16-11/h2,5,7-8,10H,3-4,15H2,1H3/t8-/m0/s1. The van der Waals surface area contributed by atoms with Crippen molar-refractivity contribution in [1.29, 1.82) is 5.26 Å². The second-order valence-electron chi connectivity index (χ2n) is 4.82. The van der Waals surface area contributed by atoms with Gasteiger partial charge in [-0.15, -0.1) is 5.10 Å². The molecule has 6 heteroatoms. The average molecular weight is 254 g/mol. The summed E-state index contributed by atoms with van der Waals surface area (Å²) in [7, 11) is 0. The van der Waals surface area contributed by atoms with Crippen molar-refractivity contribution in [2.24, 2.45) is 5.73 Å². The molecule has 0 aliphatic heterocycles. The van der Waals surface area contributed by atoms with Gasteiger partial charge in [0.2, 0.25) is 0 Å². The first kappa shape index (κ1) is 11.8. The molecule has 0 aromatic carbocycles. The number of aromatic nitrogens is 4. The number of nitriles is 1. The molecule has 2 N–H and O–H groups in total. The lowest BCUT2D eigenvalue weighted by Crippen LogP contribution is -2.14. The Morgan fingerprint density at radius 3 is 2.79 bits per heavy atom. The molecule has 1 saturated carbocycles. The van der Waals surface area contributed by atoms with Crippen LogP contribution in [0.15, 0.2) is 18.3 Å². The SMILES string of the molecule is C[C@H](N)c1nc(C2CC2)nn1-c1ccc(C#N)cn1. The third-order valence-electron chi connectivity index (χ3n) is 3.09. The third kappa shape index (κ3) is 2.20. The summed E-state index contributed by atoms with van der Waals surface area (Å²) < 4.78 is 1.68. The molecule has 1 aliphatic carbocycles. The van der Waals surface area contributed by atoms with Crippen molar-refractivity contribution in [1.82, 2.24) is 19.7 Å². The van der Waals surface area contributed by atoms with E-state index < -0.39 is 0 Å². The summed E-state index contributed by atoms with van der Waals surface area (Å²) in [4.78, 5) is 8.75. The maximum atomic E-state index is 8.78. The number of hydrogen-bond donors (Lipinski definition) is 1. The van der Waals surface area contributed by atoms with E-state index in [4.69, 9.17) is 11.0 Å². The Kier molecular flexibility index (Phi) is 2.76. The van der Waals surface area contributed by atoms with Crippen molar-refractivity contribution >= 4 is 0 Å². The number of nitrogens with zero attached hydrogens (tertiary/aromatic N) is 5. The fourth-order valence-corrected chi connectivity index (χ4v) is 1.90. The predicted molar refractivity (Wildman–Crippen MR) is 68.4 cm³/mol. The third-order valence-corrected chi connectivity index (χ3v) is 3.09. The molecule has 1 atom stereocenters. The van der Waals surface area contributed by atoms with Gasteiger partial charge in [-0.2, -0.15) is 9.94 Å². The molecule has 1 aliphatic rings. The van der Waals surface area contributed by atoms with Crippen LogP contribution in [-0.2, 0) is 0 Å². The van der Waals surface area contributed by atoms with Crippen LogP contribution in [0.2, 0.25) is 0 Å². The van der Waals surface area contributed by atoms with Gasteiger partial charge in [-0.25, -0.2) is 9.97 Å². The summed E-state index contributed by atoms with van der Waals surface area (Å²) in [6, 6.07) is 5.31. The van der Waals surface area contributed by atoms with Gasteiger partial charge in [-0.1, -0.05) is 0 Å². The minimum Gasteiger partial charge on any atom is -0.322 e. The summed E-state index contributed by atoms with van der Waals surface area (Å²) in [5, 5.41) is 13.3. The van der Waals surface area contributed by atoms with Crippen LogP contribution in [0.1, 0.15) is 48.9 Å². The molecular weight excluding hydrogens is 240 g/mol. The lowest BCUT2D eigenvalue weighted by atomic mass is 10.3. The van der Waals surface area contributed by atoms with Crippen molar-refractivity contribution < 1.29 is 0 Å². The largest absolute Gasteiger partial charge is 0.322 e. The topological polar surface area (TPSA) is 93.4 Å². The van der Waals surface area contributed by atoms with E-state index in [2.05, 4.69) is 15.1 Å². The highest BCUT2D eigenvalue weighted by Gasteiger charge is 2.29. The van der Waals surface area contributed by atoms with Crippen molar-refractivity contribution in [2.45, 2.75) is 31.7 Å². The molecule has 6 nitrogen and oxygen atoms in total. The Hall–Kier alpha value is -2.26. The molecule has 3 rings (SSSR count). The van der Waals surface area contributed by atoms with Gasteiger partial charge in [-0.3, -0.25) is 0 Å². The van der Waals surface area contributed by atoms with E-state index in [1.165, 1.54) is 6.20 Å². The van der Waals surface area contributed by atoms with Crippen LogP contribution in [0.4, 0.5) is 0 Å². The van der Waals surface area contributed by atoms with E-state index in [9.17, 15) is 0 Å². The van der Waals surface area contributed by atoms with E-state index in [0.29, 0.717) is 23.1 Å². The summed E-state index contributed by atoms with van der Waals surface area (Å²) in [6.07, 6.45) is 3.81. The fraction of sp³-hybridized carbons (Fsp3) is 0.385. The first-order chi connectivity index (χ1) is 9.19. The van der Waals surface area contributed by atoms with Crippen LogP contribution in [0, 0.1) is 11.3 Å². The summed E-state index contributed by atoms with van der Waals surface area (Å²) in [5.74, 6) is 2.67. The van der Waals surface area contributed by atoms with Gasteiger partial charge in [0.05, 0.1) is 11.6 Å². The molecule has 2 aromatic heterocycles. The average Bonchev–Trinajstić information content (AvgIpc) is 3.17.